The maximum absolute atomic E-state index is 12.7. The first-order valence-corrected chi connectivity index (χ1v) is 7.14. The Labute approximate surface area is 125 Å². The van der Waals surface area contributed by atoms with Crippen LogP contribution in [0.2, 0.25) is 0 Å². The first kappa shape index (κ1) is 17.0. The van der Waals surface area contributed by atoms with Gasteiger partial charge in [-0.3, -0.25) is 9.59 Å². The van der Waals surface area contributed by atoms with E-state index in [4.69, 9.17) is 4.74 Å². The minimum Gasteiger partial charge on any atom is -0.508 e. The lowest BCUT2D eigenvalue weighted by molar-refractivity contribution is -0.134. The Morgan fingerprint density at radius 2 is 1.76 bits per heavy atom. The maximum Gasteiger partial charge on any atom is 0.310 e. The van der Waals surface area contributed by atoms with Crippen LogP contribution < -0.4 is 4.74 Å². The fraction of sp³-hybridized carbons (Fsp3) is 0.500. The lowest BCUT2D eigenvalue weighted by atomic mass is 10.1. The molecule has 0 atom stereocenters. The Kier molecular flexibility index (Phi) is 5.76. The zero-order chi connectivity index (χ0) is 16.2. The highest BCUT2D eigenvalue weighted by molar-refractivity contribution is 5.98. The van der Waals surface area contributed by atoms with Gasteiger partial charge in [-0.15, -0.1) is 0 Å². The fourth-order valence-corrected chi connectivity index (χ4v) is 2.17. The predicted molar refractivity (Wildman–Crippen MR) is 80.5 cm³/mol. The summed E-state index contributed by atoms with van der Waals surface area (Å²) < 4.78 is 5.18. The van der Waals surface area contributed by atoms with Crippen LogP contribution in [0.1, 0.15) is 51.4 Å². The first-order chi connectivity index (χ1) is 9.77. The number of carbonyl (C=O) groups is 2. The van der Waals surface area contributed by atoms with Crippen LogP contribution in [0.15, 0.2) is 18.2 Å². The maximum atomic E-state index is 12.7. The second-order valence-electron chi connectivity index (χ2n) is 5.41. The number of nitrogens with zero attached hydrogens (tertiary/aromatic N) is 1. The number of hydrogen-bond donors (Lipinski definition) is 1. The largest absolute Gasteiger partial charge is 0.508 e. The van der Waals surface area contributed by atoms with Crippen molar-refractivity contribution in [2.45, 2.75) is 53.1 Å². The third-order valence-corrected chi connectivity index (χ3v) is 3.05. The summed E-state index contributed by atoms with van der Waals surface area (Å²) in [5.41, 5.74) is 0.194. The van der Waals surface area contributed by atoms with Crippen molar-refractivity contribution in [2.24, 2.45) is 0 Å². The van der Waals surface area contributed by atoms with Gasteiger partial charge in [0.1, 0.15) is 11.5 Å². The number of carbonyl (C=O) groups excluding carboxylic acids is 2. The van der Waals surface area contributed by atoms with E-state index < -0.39 is 5.97 Å². The topological polar surface area (TPSA) is 66.8 Å². The number of esters is 1. The molecule has 0 radical (unpaired) electrons. The van der Waals surface area contributed by atoms with Crippen LogP contribution in [-0.4, -0.2) is 34.0 Å². The van der Waals surface area contributed by atoms with Crippen molar-refractivity contribution in [1.29, 1.82) is 0 Å². The van der Waals surface area contributed by atoms with Crippen LogP contribution in [-0.2, 0) is 4.79 Å². The van der Waals surface area contributed by atoms with E-state index >= 15 is 0 Å². The van der Waals surface area contributed by atoms with Gasteiger partial charge in [0.2, 0.25) is 0 Å². The van der Waals surface area contributed by atoms with Crippen molar-refractivity contribution in [3.05, 3.63) is 23.8 Å². The Bertz CT molecular complexity index is 515. The standard InChI is InChI=1S/C16H23NO4/c1-6-15(19)21-14-8-7-12(18)9-13(14)16(20)17(10(2)3)11(4)5/h7-11,18H,6H2,1-5H3. The van der Waals surface area contributed by atoms with E-state index in [1.165, 1.54) is 18.2 Å². The van der Waals surface area contributed by atoms with Gasteiger partial charge < -0.3 is 14.7 Å². The average molecular weight is 293 g/mol. The van der Waals surface area contributed by atoms with E-state index in [1.54, 1.807) is 11.8 Å². The molecular formula is C16H23NO4. The molecule has 5 heteroatoms. The molecule has 0 fully saturated rings. The van der Waals surface area contributed by atoms with E-state index in [0.717, 1.165) is 0 Å². The number of benzene rings is 1. The van der Waals surface area contributed by atoms with E-state index in [0.29, 0.717) is 0 Å². The number of rotatable bonds is 5. The summed E-state index contributed by atoms with van der Waals surface area (Å²) in [6, 6.07) is 4.15. The summed E-state index contributed by atoms with van der Waals surface area (Å²) in [5, 5.41) is 9.63. The number of phenolic OH excluding ortho intramolecular Hbond substituents is 1. The molecule has 21 heavy (non-hydrogen) atoms. The normalized spacial score (nSPS) is 10.8. The smallest absolute Gasteiger partial charge is 0.310 e. The lowest BCUT2D eigenvalue weighted by Crippen LogP contribution is -2.42. The molecule has 0 aromatic heterocycles. The van der Waals surface area contributed by atoms with Crippen LogP contribution >= 0.6 is 0 Å². The van der Waals surface area contributed by atoms with Gasteiger partial charge in [-0.25, -0.2) is 0 Å². The van der Waals surface area contributed by atoms with Gasteiger partial charge in [0.05, 0.1) is 5.56 Å². The highest BCUT2D eigenvalue weighted by atomic mass is 16.5. The van der Waals surface area contributed by atoms with Crippen molar-refractivity contribution in [2.75, 3.05) is 0 Å². The molecule has 1 N–H and O–H groups in total. The molecule has 0 spiro atoms. The van der Waals surface area contributed by atoms with Crippen LogP contribution in [0.5, 0.6) is 11.5 Å². The number of amides is 1. The highest BCUT2D eigenvalue weighted by Gasteiger charge is 2.25. The van der Waals surface area contributed by atoms with Gasteiger partial charge in [-0.05, 0) is 45.9 Å². The minimum absolute atomic E-state index is 0.00502. The highest BCUT2D eigenvalue weighted by Crippen LogP contribution is 2.26. The molecule has 1 aromatic rings. The van der Waals surface area contributed by atoms with Gasteiger partial charge in [0.25, 0.3) is 5.91 Å². The molecular weight excluding hydrogens is 270 g/mol. The fourth-order valence-electron chi connectivity index (χ4n) is 2.17. The van der Waals surface area contributed by atoms with Gasteiger partial charge in [0, 0.05) is 18.5 Å². The molecule has 5 nitrogen and oxygen atoms in total. The van der Waals surface area contributed by atoms with Crippen molar-refractivity contribution >= 4 is 11.9 Å². The minimum atomic E-state index is -0.421. The van der Waals surface area contributed by atoms with Crippen molar-refractivity contribution in [3.8, 4) is 11.5 Å². The Morgan fingerprint density at radius 1 is 1.19 bits per heavy atom. The van der Waals surface area contributed by atoms with E-state index in [2.05, 4.69) is 0 Å². The van der Waals surface area contributed by atoms with Gasteiger partial charge in [-0.2, -0.15) is 0 Å². The zero-order valence-corrected chi connectivity index (χ0v) is 13.2. The van der Waals surface area contributed by atoms with Crippen LogP contribution in [0.3, 0.4) is 0 Å². The number of aromatic hydroxyl groups is 1. The molecule has 0 aliphatic carbocycles. The summed E-state index contributed by atoms with van der Waals surface area (Å²) >= 11 is 0. The zero-order valence-electron chi connectivity index (χ0n) is 13.2. The number of phenols is 1. The third-order valence-electron chi connectivity index (χ3n) is 3.05. The van der Waals surface area contributed by atoms with Gasteiger partial charge >= 0.3 is 5.97 Å². The molecule has 0 aliphatic heterocycles. The number of hydrogen-bond acceptors (Lipinski definition) is 4. The monoisotopic (exact) mass is 293 g/mol. The van der Waals surface area contributed by atoms with Crippen LogP contribution in [0.4, 0.5) is 0 Å². The van der Waals surface area contributed by atoms with E-state index in [9.17, 15) is 14.7 Å². The molecule has 0 saturated heterocycles. The first-order valence-electron chi connectivity index (χ1n) is 7.14. The lowest BCUT2D eigenvalue weighted by Gasteiger charge is -2.31. The second-order valence-corrected chi connectivity index (χ2v) is 5.41. The molecule has 0 unspecified atom stereocenters. The van der Waals surface area contributed by atoms with Crippen LogP contribution in [0, 0.1) is 0 Å². The number of ether oxygens (including phenoxy) is 1. The summed E-state index contributed by atoms with van der Waals surface area (Å²) in [7, 11) is 0. The average Bonchev–Trinajstić information content (AvgIpc) is 2.39. The van der Waals surface area contributed by atoms with Crippen molar-refractivity contribution < 1.29 is 19.4 Å². The van der Waals surface area contributed by atoms with Crippen LogP contribution in [0.25, 0.3) is 0 Å². The predicted octanol–water partition coefficient (Wildman–Crippen LogP) is 2.97. The Hall–Kier alpha value is -2.04. The molecule has 1 amide bonds. The van der Waals surface area contributed by atoms with Crippen molar-refractivity contribution in [1.82, 2.24) is 4.90 Å². The molecule has 1 rings (SSSR count). The Morgan fingerprint density at radius 3 is 2.24 bits per heavy atom. The molecule has 1 aromatic carbocycles. The van der Waals surface area contributed by atoms with E-state index in [-0.39, 0.29) is 41.5 Å². The van der Waals surface area contributed by atoms with Gasteiger partial charge in [0.15, 0.2) is 0 Å². The summed E-state index contributed by atoms with van der Waals surface area (Å²) in [6.45, 7) is 9.34. The Balaban J connectivity index is 3.23. The van der Waals surface area contributed by atoms with E-state index in [1.807, 2.05) is 27.7 Å². The molecule has 0 saturated carbocycles. The SMILES string of the molecule is CCC(=O)Oc1ccc(O)cc1C(=O)N(C(C)C)C(C)C. The quantitative estimate of drug-likeness (QED) is 0.669. The second kappa shape index (κ2) is 7.11. The summed E-state index contributed by atoms with van der Waals surface area (Å²) in [4.78, 5) is 25.8. The molecule has 0 heterocycles. The third kappa shape index (κ3) is 4.21. The molecule has 116 valence electrons. The van der Waals surface area contributed by atoms with Gasteiger partial charge in [-0.1, -0.05) is 6.92 Å². The molecule has 0 bridgehead atoms. The summed E-state index contributed by atoms with van der Waals surface area (Å²) in [5.74, 6) is -0.553. The summed E-state index contributed by atoms with van der Waals surface area (Å²) in [6.07, 6.45) is 0.215. The molecule has 0 aliphatic rings. The van der Waals surface area contributed by atoms with Crippen molar-refractivity contribution in [3.63, 3.8) is 0 Å².